The molecule has 6 nitrogen and oxygen atoms in total. The van der Waals surface area contributed by atoms with Crippen LogP contribution in [0.5, 0.6) is 0 Å². The molecule has 1 heterocycles. The van der Waals surface area contributed by atoms with Crippen molar-refractivity contribution >= 4 is 11.9 Å². The lowest BCUT2D eigenvalue weighted by molar-refractivity contribution is 0.0963. The molecule has 1 aliphatic rings. The van der Waals surface area contributed by atoms with Crippen LogP contribution in [0.2, 0.25) is 0 Å². The molecule has 1 unspecified atom stereocenters. The molecule has 0 aliphatic carbocycles. The number of benzene rings is 1. The van der Waals surface area contributed by atoms with Gasteiger partial charge in [0.15, 0.2) is 5.96 Å². The fourth-order valence-electron chi connectivity index (χ4n) is 3.51. The lowest BCUT2D eigenvalue weighted by Gasteiger charge is -2.35. The van der Waals surface area contributed by atoms with Crippen LogP contribution in [0.4, 0.5) is 0 Å². The fourth-order valence-corrected chi connectivity index (χ4v) is 3.51. The van der Waals surface area contributed by atoms with E-state index in [1.54, 1.807) is 14.1 Å². The van der Waals surface area contributed by atoms with Gasteiger partial charge in [-0.3, -0.25) is 14.7 Å². The first kappa shape index (κ1) is 20.2. The van der Waals surface area contributed by atoms with Crippen molar-refractivity contribution in [1.82, 2.24) is 20.9 Å². The number of rotatable bonds is 7. The molecule has 0 radical (unpaired) electrons. The Kier molecular flexibility index (Phi) is 8.41. The molecule has 1 aromatic carbocycles. The van der Waals surface area contributed by atoms with E-state index in [0.29, 0.717) is 12.1 Å². The normalized spacial score (nSPS) is 18.4. The molecule has 0 aromatic heterocycles. The van der Waals surface area contributed by atoms with Crippen molar-refractivity contribution in [3.8, 4) is 0 Å². The number of nitrogens with zero attached hydrogens (tertiary/aromatic N) is 2. The van der Waals surface area contributed by atoms with E-state index in [9.17, 15) is 4.79 Å². The number of hydrogen-bond donors (Lipinski definition) is 3. The van der Waals surface area contributed by atoms with Crippen LogP contribution in [0.25, 0.3) is 0 Å². The van der Waals surface area contributed by atoms with Gasteiger partial charge in [-0.2, -0.15) is 0 Å². The first-order chi connectivity index (χ1) is 12.7. The average Bonchev–Trinajstić information content (AvgIpc) is 2.70. The SMILES string of the molecule is CCC1CCCCN1CCNC(=NC)NCc1cccc(C(=O)NC)c1. The molecule has 1 aliphatic heterocycles. The van der Waals surface area contributed by atoms with E-state index >= 15 is 0 Å². The van der Waals surface area contributed by atoms with E-state index in [1.165, 1.54) is 32.2 Å². The summed E-state index contributed by atoms with van der Waals surface area (Å²) >= 11 is 0. The number of carbonyl (C=O) groups is 1. The second kappa shape index (κ2) is 10.8. The monoisotopic (exact) mass is 359 g/mol. The molecule has 1 amide bonds. The van der Waals surface area contributed by atoms with Crippen LogP contribution < -0.4 is 16.0 Å². The van der Waals surface area contributed by atoms with Gasteiger partial charge < -0.3 is 16.0 Å². The molecule has 1 aromatic rings. The molecule has 0 saturated carbocycles. The highest BCUT2D eigenvalue weighted by Crippen LogP contribution is 2.18. The number of guanidine groups is 1. The van der Waals surface area contributed by atoms with Crippen molar-refractivity contribution in [3.63, 3.8) is 0 Å². The average molecular weight is 360 g/mol. The van der Waals surface area contributed by atoms with E-state index in [2.05, 4.69) is 32.8 Å². The Morgan fingerprint density at radius 1 is 1.31 bits per heavy atom. The maximum Gasteiger partial charge on any atom is 0.251 e. The highest BCUT2D eigenvalue weighted by Gasteiger charge is 2.19. The minimum atomic E-state index is -0.0682. The van der Waals surface area contributed by atoms with Gasteiger partial charge in [-0.1, -0.05) is 25.5 Å². The number of carbonyl (C=O) groups excluding carboxylic acids is 1. The van der Waals surface area contributed by atoms with Crippen LogP contribution >= 0.6 is 0 Å². The minimum Gasteiger partial charge on any atom is -0.355 e. The van der Waals surface area contributed by atoms with Crippen LogP contribution in [0.3, 0.4) is 0 Å². The molecule has 1 saturated heterocycles. The van der Waals surface area contributed by atoms with Crippen molar-refractivity contribution in [2.24, 2.45) is 4.99 Å². The summed E-state index contributed by atoms with van der Waals surface area (Å²) < 4.78 is 0. The molecule has 1 fully saturated rings. The van der Waals surface area contributed by atoms with Gasteiger partial charge >= 0.3 is 0 Å². The predicted octanol–water partition coefficient (Wildman–Crippen LogP) is 1.98. The number of hydrogen-bond acceptors (Lipinski definition) is 3. The molecule has 6 heteroatoms. The Bertz CT molecular complexity index is 602. The zero-order valence-corrected chi connectivity index (χ0v) is 16.3. The standard InChI is InChI=1S/C20H33N5O/c1-4-18-10-5-6-12-25(18)13-11-23-20(22-3)24-15-16-8-7-9-17(14-16)19(26)21-2/h7-9,14,18H,4-6,10-13,15H2,1-3H3,(H,21,26)(H2,22,23,24). The number of likely N-dealkylation sites (tertiary alicyclic amines) is 1. The number of amides is 1. The van der Waals surface area contributed by atoms with Crippen molar-refractivity contribution in [2.45, 2.75) is 45.2 Å². The third-order valence-electron chi connectivity index (χ3n) is 5.01. The van der Waals surface area contributed by atoms with Crippen molar-refractivity contribution in [1.29, 1.82) is 0 Å². The van der Waals surface area contributed by atoms with E-state index in [4.69, 9.17) is 0 Å². The summed E-state index contributed by atoms with van der Waals surface area (Å²) in [6.45, 7) is 6.05. The first-order valence-electron chi connectivity index (χ1n) is 9.67. The summed E-state index contributed by atoms with van der Waals surface area (Å²) in [5, 5.41) is 9.37. The zero-order chi connectivity index (χ0) is 18.8. The number of nitrogens with one attached hydrogen (secondary N) is 3. The van der Waals surface area contributed by atoms with Gasteiger partial charge in [0.2, 0.25) is 0 Å². The molecule has 0 bridgehead atoms. The third kappa shape index (κ3) is 6.02. The molecule has 1 atom stereocenters. The zero-order valence-electron chi connectivity index (χ0n) is 16.3. The Labute approximate surface area is 157 Å². The smallest absolute Gasteiger partial charge is 0.251 e. The molecule has 2 rings (SSSR count). The molecule has 3 N–H and O–H groups in total. The Balaban J connectivity index is 1.78. The molecule has 26 heavy (non-hydrogen) atoms. The van der Waals surface area contributed by atoms with E-state index < -0.39 is 0 Å². The van der Waals surface area contributed by atoms with Crippen LogP contribution in [0.15, 0.2) is 29.3 Å². The lowest BCUT2D eigenvalue weighted by atomic mass is 10.0. The first-order valence-corrected chi connectivity index (χ1v) is 9.67. The summed E-state index contributed by atoms with van der Waals surface area (Å²) in [7, 11) is 3.43. The Morgan fingerprint density at radius 3 is 2.88 bits per heavy atom. The molecule has 0 spiro atoms. The van der Waals surface area contributed by atoms with Crippen molar-refractivity contribution in [2.75, 3.05) is 33.7 Å². The summed E-state index contributed by atoms with van der Waals surface area (Å²) in [5.41, 5.74) is 1.72. The van der Waals surface area contributed by atoms with E-state index in [0.717, 1.165) is 30.7 Å². The third-order valence-corrected chi connectivity index (χ3v) is 5.01. The summed E-state index contributed by atoms with van der Waals surface area (Å²) in [5.74, 6) is 0.724. The topological polar surface area (TPSA) is 68.8 Å². The van der Waals surface area contributed by atoms with Gasteiger partial charge in [0, 0.05) is 45.3 Å². The number of piperidine rings is 1. The van der Waals surface area contributed by atoms with Gasteiger partial charge in [-0.05, 0) is 43.5 Å². The van der Waals surface area contributed by atoms with Gasteiger partial charge in [0.1, 0.15) is 0 Å². The second-order valence-corrected chi connectivity index (χ2v) is 6.73. The van der Waals surface area contributed by atoms with Crippen molar-refractivity contribution < 1.29 is 4.79 Å². The van der Waals surface area contributed by atoms with Crippen LogP contribution in [-0.4, -0.2) is 56.5 Å². The Morgan fingerprint density at radius 2 is 2.15 bits per heavy atom. The maximum atomic E-state index is 11.7. The quantitative estimate of drug-likeness (QED) is 0.514. The molecular formula is C20H33N5O. The highest BCUT2D eigenvalue weighted by atomic mass is 16.1. The molecular weight excluding hydrogens is 326 g/mol. The fraction of sp³-hybridized carbons (Fsp3) is 0.600. The highest BCUT2D eigenvalue weighted by molar-refractivity contribution is 5.94. The minimum absolute atomic E-state index is 0.0682. The Hall–Kier alpha value is -2.08. The largest absolute Gasteiger partial charge is 0.355 e. The van der Waals surface area contributed by atoms with Gasteiger partial charge in [-0.25, -0.2) is 0 Å². The second-order valence-electron chi connectivity index (χ2n) is 6.73. The lowest BCUT2D eigenvalue weighted by Crippen LogP contribution is -2.45. The maximum absolute atomic E-state index is 11.7. The summed E-state index contributed by atoms with van der Waals surface area (Å²) in [6, 6.07) is 8.36. The summed E-state index contributed by atoms with van der Waals surface area (Å²) in [6.07, 6.45) is 5.23. The van der Waals surface area contributed by atoms with Gasteiger partial charge in [0.05, 0.1) is 0 Å². The van der Waals surface area contributed by atoms with Gasteiger partial charge in [-0.15, -0.1) is 0 Å². The summed E-state index contributed by atoms with van der Waals surface area (Å²) in [4.78, 5) is 18.6. The predicted molar refractivity (Wildman–Crippen MR) is 108 cm³/mol. The number of aliphatic imine (C=N–C) groups is 1. The van der Waals surface area contributed by atoms with E-state index in [-0.39, 0.29) is 5.91 Å². The van der Waals surface area contributed by atoms with Crippen LogP contribution in [0, 0.1) is 0 Å². The van der Waals surface area contributed by atoms with Gasteiger partial charge in [0.25, 0.3) is 5.91 Å². The van der Waals surface area contributed by atoms with E-state index in [1.807, 2.05) is 24.3 Å². The molecule has 144 valence electrons. The van der Waals surface area contributed by atoms with Crippen LogP contribution in [0.1, 0.15) is 48.5 Å². The van der Waals surface area contributed by atoms with Crippen molar-refractivity contribution in [3.05, 3.63) is 35.4 Å². The van der Waals surface area contributed by atoms with Crippen LogP contribution in [-0.2, 0) is 6.54 Å².